The second-order valence-electron chi connectivity index (χ2n) is 5.34. The van der Waals surface area contributed by atoms with Crippen LogP contribution in [0.15, 0.2) is 29.3 Å². The SMILES string of the molecule is CCCN=C(N)NCCCN1CCc2ccccc2C1.I. The van der Waals surface area contributed by atoms with Crippen molar-refractivity contribution < 1.29 is 0 Å². The zero-order valence-corrected chi connectivity index (χ0v) is 15.2. The van der Waals surface area contributed by atoms with Crippen LogP contribution < -0.4 is 11.1 Å². The molecule has 3 N–H and O–H groups in total. The van der Waals surface area contributed by atoms with Gasteiger partial charge >= 0.3 is 0 Å². The first-order valence-corrected chi connectivity index (χ1v) is 7.62. The Labute approximate surface area is 145 Å². The van der Waals surface area contributed by atoms with Crippen molar-refractivity contribution in [2.75, 3.05) is 26.2 Å². The minimum absolute atomic E-state index is 0. The van der Waals surface area contributed by atoms with E-state index in [1.807, 2.05) is 0 Å². The van der Waals surface area contributed by atoms with Crippen LogP contribution in [0.1, 0.15) is 30.9 Å². The average Bonchev–Trinajstić information content (AvgIpc) is 2.49. The van der Waals surface area contributed by atoms with Crippen molar-refractivity contribution >= 4 is 29.9 Å². The van der Waals surface area contributed by atoms with Gasteiger partial charge in [0.05, 0.1) is 0 Å². The van der Waals surface area contributed by atoms with Gasteiger partial charge < -0.3 is 11.1 Å². The molecule has 21 heavy (non-hydrogen) atoms. The summed E-state index contributed by atoms with van der Waals surface area (Å²) in [6.45, 7) is 7.16. The van der Waals surface area contributed by atoms with Gasteiger partial charge in [-0.25, -0.2) is 0 Å². The Morgan fingerprint density at radius 2 is 2.10 bits per heavy atom. The highest BCUT2D eigenvalue weighted by atomic mass is 127. The zero-order chi connectivity index (χ0) is 14.2. The van der Waals surface area contributed by atoms with Gasteiger partial charge in [-0.1, -0.05) is 31.2 Å². The van der Waals surface area contributed by atoms with Crippen molar-refractivity contribution in [2.45, 2.75) is 32.7 Å². The smallest absolute Gasteiger partial charge is 0.188 e. The minimum atomic E-state index is 0. The third kappa shape index (κ3) is 6.22. The number of nitrogens with zero attached hydrogens (tertiary/aromatic N) is 2. The van der Waals surface area contributed by atoms with E-state index >= 15 is 0 Å². The number of hydrogen-bond acceptors (Lipinski definition) is 2. The molecule has 0 amide bonds. The van der Waals surface area contributed by atoms with Gasteiger partial charge in [-0.3, -0.25) is 9.89 Å². The van der Waals surface area contributed by atoms with E-state index in [0.29, 0.717) is 5.96 Å². The molecule has 0 bridgehead atoms. The lowest BCUT2D eigenvalue weighted by atomic mass is 10.00. The molecule has 0 aliphatic carbocycles. The number of fused-ring (bicyclic) bond motifs is 1. The Balaban J connectivity index is 0.00000220. The molecule has 5 heteroatoms. The minimum Gasteiger partial charge on any atom is -0.370 e. The number of halogens is 1. The molecule has 0 saturated carbocycles. The monoisotopic (exact) mass is 402 g/mol. The number of rotatable bonds is 6. The predicted octanol–water partition coefficient (Wildman–Crippen LogP) is 2.37. The van der Waals surface area contributed by atoms with Gasteiger partial charge in [0, 0.05) is 32.7 Å². The molecule has 1 aromatic rings. The molecule has 1 heterocycles. The fraction of sp³-hybridized carbons (Fsp3) is 0.562. The normalized spacial score (nSPS) is 15.2. The van der Waals surface area contributed by atoms with E-state index in [9.17, 15) is 0 Å². The molecule has 1 aliphatic heterocycles. The first-order chi connectivity index (χ1) is 9.79. The lowest BCUT2D eigenvalue weighted by Gasteiger charge is -2.28. The topological polar surface area (TPSA) is 53.6 Å². The molecule has 0 radical (unpaired) electrons. The molecule has 1 aromatic carbocycles. The van der Waals surface area contributed by atoms with Crippen LogP contribution in [0, 0.1) is 0 Å². The van der Waals surface area contributed by atoms with Crippen LogP contribution in [0.4, 0.5) is 0 Å². The second kappa shape index (κ2) is 10.00. The summed E-state index contributed by atoms with van der Waals surface area (Å²) >= 11 is 0. The van der Waals surface area contributed by atoms with E-state index < -0.39 is 0 Å². The number of benzene rings is 1. The molecule has 0 unspecified atom stereocenters. The van der Waals surface area contributed by atoms with Crippen molar-refractivity contribution in [3.8, 4) is 0 Å². The van der Waals surface area contributed by atoms with Crippen LogP contribution in [-0.4, -0.2) is 37.0 Å². The Kier molecular flexibility index (Phi) is 8.68. The lowest BCUT2D eigenvalue weighted by Crippen LogP contribution is -2.36. The summed E-state index contributed by atoms with van der Waals surface area (Å²) in [4.78, 5) is 6.74. The van der Waals surface area contributed by atoms with Gasteiger partial charge in [-0.05, 0) is 30.4 Å². The molecule has 0 fully saturated rings. The van der Waals surface area contributed by atoms with Crippen molar-refractivity contribution in [3.63, 3.8) is 0 Å². The average molecular weight is 402 g/mol. The molecular formula is C16H27IN4. The summed E-state index contributed by atoms with van der Waals surface area (Å²) in [5.74, 6) is 0.579. The van der Waals surface area contributed by atoms with Crippen LogP contribution in [0.25, 0.3) is 0 Å². The highest BCUT2D eigenvalue weighted by Gasteiger charge is 2.14. The molecule has 0 saturated heterocycles. The summed E-state index contributed by atoms with van der Waals surface area (Å²) in [7, 11) is 0. The van der Waals surface area contributed by atoms with Crippen LogP contribution >= 0.6 is 24.0 Å². The summed E-state index contributed by atoms with van der Waals surface area (Å²) in [6, 6.07) is 8.76. The highest BCUT2D eigenvalue weighted by molar-refractivity contribution is 14.0. The molecule has 1 aliphatic rings. The van der Waals surface area contributed by atoms with E-state index in [4.69, 9.17) is 5.73 Å². The van der Waals surface area contributed by atoms with Crippen LogP contribution in [0.2, 0.25) is 0 Å². The molecule has 0 spiro atoms. The fourth-order valence-electron chi connectivity index (χ4n) is 2.55. The molecule has 4 nitrogen and oxygen atoms in total. The van der Waals surface area contributed by atoms with E-state index in [2.05, 4.69) is 46.4 Å². The van der Waals surface area contributed by atoms with Gasteiger partial charge in [-0.2, -0.15) is 0 Å². The number of guanidine groups is 1. The summed E-state index contributed by atoms with van der Waals surface area (Å²) in [5, 5.41) is 3.18. The number of hydrogen-bond donors (Lipinski definition) is 2. The quantitative estimate of drug-likeness (QED) is 0.333. The Hall–Kier alpha value is -0.820. The van der Waals surface area contributed by atoms with Crippen LogP contribution in [0.5, 0.6) is 0 Å². The van der Waals surface area contributed by atoms with Gasteiger partial charge in [0.1, 0.15) is 0 Å². The van der Waals surface area contributed by atoms with Crippen LogP contribution in [0.3, 0.4) is 0 Å². The van der Waals surface area contributed by atoms with Gasteiger partial charge in [0.2, 0.25) is 0 Å². The highest BCUT2D eigenvalue weighted by Crippen LogP contribution is 2.18. The largest absolute Gasteiger partial charge is 0.370 e. The van der Waals surface area contributed by atoms with Crippen molar-refractivity contribution in [1.29, 1.82) is 0 Å². The van der Waals surface area contributed by atoms with Crippen molar-refractivity contribution in [3.05, 3.63) is 35.4 Å². The summed E-state index contributed by atoms with van der Waals surface area (Å²) < 4.78 is 0. The second-order valence-corrected chi connectivity index (χ2v) is 5.34. The number of nitrogens with two attached hydrogens (primary N) is 1. The third-order valence-corrected chi connectivity index (χ3v) is 3.67. The van der Waals surface area contributed by atoms with E-state index in [1.165, 1.54) is 17.5 Å². The van der Waals surface area contributed by atoms with Crippen LogP contribution in [-0.2, 0) is 13.0 Å². The standard InChI is InChI=1S/C16H26N4.HI/c1-2-9-18-16(17)19-10-5-11-20-12-8-14-6-3-4-7-15(14)13-20;/h3-4,6-7H,2,5,8-13H2,1H3,(H3,17,18,19);1H. The van der Waals surface area contributed by atoms with Crippen molar-refractivity contribution in [1.82, 2.24) is 10.2 Å². The summed E-state index contributed by atoms with van der Waals surface area (Å²) in [5.41, 5.74) is 8.76. The Bertz CT molecular complexity index is 448. The fourth-order valence-corrected chi connectivity index (χ4v) is 2.55. The van der Waals surface area contributed by atoms with E-state index in [-0.39, 0.29) is 24.0 Å². The third-order valence-electron chi connectivity index (χ3n) is 3.67. The molecule has 2 rings (SSSR count). The lowest BCUT2D eigenvalue weighted by molar-refractivity contribution is 0.251. The predicted molar refractivity (Wildman–Crippen MR) is 100 cm³/mol. The molecule has 0 aromatic heterocycles. The number of nitrogens with one attached hydrogen (secondary N) is 1. The van der Waals surface area contributed by atoms with E-state index in [0.717, 1.165) is 45.6 Å². The summed E-state index contributed by atoms with van der Waals surface area (Å²) in [6.07, 6.45) is 3.31. The van der Waals surface area contributed by atoms with Gasteiger partial charge in [0.25, 0.3) is 0 Å². The van der Waals surface area contributed by atoms with E-state index in [1.54, 1.807) is 0 Å². The molecule has 0 atom stereocenters. The Morgan fingerprint density at radius 1 is 1.33 bits per heavy atom. The van der Waals surface area contributed by atoms with Crippen molar-refractivity contribution in [2.24, 2.45) is 10.7 Å². The van der Waals surface area contributed by atoms with Gasteiger partial charge in [0.15, 0.2) is 5.96 Å². The molecular weight excluding hydrogens is 375 g/mol. The van der Waals surface area contributed by atoms with Gasteiger partial charge in [-0.15, -0.1) is 24.0 Å². The first kappa shape index (κ1) is 18.2. The zero-order valence-electron chi connectivity index (χ0n) is 12.8. The maximum atomic E-state index is 5.77. The molecule has 118 valence electrons. The number of aliphatic imine (C=N–C) groups is 1. The maximum Gasteiger partial charge on any atom is 0.188 e. The first-order valence-electron chi connectivity index (χ1n) is 7.62. The Morgan fingerprint density at radius 3 is 2.86 bits per heavy atom. The maximum absolute atomic E-state index is 5.77.